The highest BCUT2D eigenvalue weighted by atomic mass is 31.2. The largest absolute Gasteiger partial charge is 0.633 e. The van der Waals surface area contributed by atoms with Gasteiger partial charge in [0.25, 0.3) is 0 Å². The van der Waals surface area contributed by atoms with Gasteiger partial charge in [-0.05, 0) is 24.6 Å². The molecule has 0 amide bonds. The Balaban J connectivity index is 1.89. The van der Waals surface area contributed by atoms with Crippen LogP contribution in [-0.4, -0.2) is 11.3 Å². The third kappa shape index (κ3) is 3.42. The number of rotatable bonds is 5. The van der Waals surface area contributed by atoms with Crippen LogP contribution in [-0.2, 0) is 11.1 Å². The quantitative estimate of drug-likeness (QED) is 0.617. The predicted octanol–water partition coefficient (Wildman–Crippen LogP) is 4.49. The Labute approximate surface area is 161 Å². The second-order valence-corrected chi connectivity index (χ2v) is 8.70. The van der Waals surface area contributed by atoms with E-state index in [2.05, 4.69) is 18.2 Å². The van der Waals surface area contributed by atoms with E-state index in [0.29, 0.717) is 13.2 Å². The average Bonchev–Trinajstić information content (AvgIpc) is 2.72. The van der Waals surface area contributed by atoms with Crippen LogP contribution in [0.1, 0.15) is 23.6 Å². The maximum absolute atomic E-state index is 14.2. The minimum atomic E-state index is -3.24. The van der Waals surface area contributed by atoms with Crippen molar-refractivity contribution in [2.24, 2.45) is 0 Å². The first kappa shape index (κ1) is 17.9. The van der Waals surface area contributed by atoms with E-state index in [1.807, 2.05) is 84.4 Å². The summed E-state index contributed by atoms with van der Waals surface area (Å²) in [5.41, 5.74) is 4.01. The minimum absolute atomic E-state index is 0.388. The Morgan fingerprint density at radius 1 is 0.852 bits per heavy atom. The van der Waals surface area contributed by atoms with Crippen molar-refractivity contribution in [2.45, 2.75) is 13.5 Å². The molecule has 136 valence electrons. The van der Waals surface area contributed by atoms with Gasteiger partial charge in [0.15, 0.2) is 0 Å². The summed E-state index contributed by atoms with van der Waals surface area (Å²) in [6.45, 7) is 2.80. The van der Waals surface area contributed by atoms with Gasteiger partial charge < -0.3 is 4.89 Å². The first-order chi connectivity index (χ1) is 13.2. The van der Waals surface area contributed by atoms with Gasteiger partial charge in [-0.1, -0.05) is 78.9 Å². The van der Waals surface area contributed by atoms with Crippen LogP contribution in [0, 0.1) is 0 Å². The highest BCUT2D eigenvalue weighted by Crippen LogP contribution is 2.61. The number of fused-ring (bicyclic) bond motifs is 1. The molecule has 3 aromatic rings. The maximum atomic E-state index is 14.2. The Bertz CT molecular complexity index is 943. The molecule has 1 aliphatic rings. The van der Waals surface area contributed by atoms with E-state index in [1.165, 1.54) is 0 Å². The molecule has 0 saturated heterocycles. The van der Waals surface area contributed by atoms with Crippen molar-refractivity contribution in [1.82, 2.24) is 4.67 Å². The van der Waals surface area contributed by atoms with Crippen LogP contribution >= 0.6 is 7.87 Å². The van der Waals surface area contributed by atoms with Gasteiger partial charge in [-0.3, -0.25) is 0 Å². The minimum Gasteiger partial charge on any atom is -0.633 e. The fourth-order valence-electron chi connectivity index (χ4n) is 3.45. The topological polar surface area (TPSA) is 35.5 Å². The Kier molecular flexibility index (Phi) is 5.09. The van der Waals surface area contributed by atoms with Gasteiger partial charge in [-0.25, -0.2) is 9.19 Å². The molecule has 0 radical (unpaired) electrons. The molecule has 0 spiro atoms. The summed E-state index contributed by atoms with van der Waals surface area (Å²) in [5, 5.41) is 0.766. The molecule has 0 aromatic heterocycles. The third-order valence-corrected chi connectivity index (χ3v) is 7.29. The number of hydrogen-bond donors (Lipinski definition) is 0. The number of hydrogen-bond acceptors (Lipinski definition) is 3. The standard InChI is InChI=1S/C23H22NO2P/c1-2-26-27(25)23-16-10-9-15-21(23)17-22(20-13-7-4-8-14-20)24(27)18-19-11-5-3-6-12-19/h3-17H,2,18H2,1H3. The fraction of sp³-hybridized carbons (Fsp3) is 0.130. The SMILES string of the molecule is CCO[P+]1([O-])c2ccccc2C=C(c2ccccc2)N1Cc1ccccc1. The van der Waals surface area contributed by atoms with Crippen LogP contribution in [0.15, 0.2) is 84.9 Å². The van der Waals surface area contributed by atoms with E-state index < -0.39 is 7.87 Å². The highest BCUT2D eigenvalue weighted by molar-refractivity contribution is 7.70. The van der Waals surface area contributed by atoms with Crippen molar-refractivity contribution in [1.29, 1.82) is 0 Å². The summed E-state index contributed by atoms with van der Waals surface area (Å²) in [5.74, 6) is 0. The zero-order valence-corrected chi connectivity index (χ0v) is 16.2. The van der Waals surface area contributed by atoms with Crippen LogP contribution in [0.2, 0.25) is 0 Å². The van der Waals surface area contributed by atoms with E-state index in [9.17, 15) is 4.89 Å². The molecule has 27 heavy (non-hydrogen) atoms. The Morgan fingerprint density at radius 3 is 2.19 bits per heavy atom. The summed E-state index contributed by atoms with van der Waals surface area (Å²) in [6, 6.07) is 28.0. The molecule has 0 saturated carbocycles. The molecule has 0 aliphatic carbocycles. The molecule has 4 rings (SSSR count). The molecule has 1 atom stereocenters. The number of benzene rings is 3. The summed E-state index contributed by atoms with van der Waals surface area (Å²) in [4.78, 5) is 14.2. The zero-order valence-electron chi connectivity index (χ0n) is 15.3. The van der Waals surface area contributed by atoms with Gasteiger partial charge in [0.05, 0.1) is 18.8 Å². The lowest BCUT2D eigenvalue weighted by Crippen LogP contribution is -2.41. The molecule has 0 bridgehead atoms. The first-order valence-electron chi connectivity index (χ1n) is 9.15. The van der Waals surface area contributed by atoms with Crippen molar-refractivity contribution in [3.63, 3.8) is 0 Å². The van der Waals surface area contributed by atoms with E-state index in [0.717, 1.165) is 27.7 Å². The lowest BCUT2D eigenvalue weighted by atomic mass is 10.1. The van der Waals surface area contributed by atoms with Crippen molar-refractivity contribution in [2.75, 3.05) is 6.61 Å². The average molecular weight is 375 g/mol. The second-order valence-electron chi connectivity index (χ2n) is 6.44. The van der Waals surface area contributed by atoms with Crippen LogP contribution in [0.3, 0.4) is 0 Å². The number of nitrogens with zero attached hydrogens (tertiary/aromatic N) is 1. The molecular weight excluding hydrogens is 353 g/mol. The lowest BCUT2D eigenvalue weighted by Gasteiger charge is -2.43. The molecule has 0 fully saturated rings. The second kappa shape index (κ2) is 7.66. The normalized spacial score (nSPS) is 18.7. The maximum Gasteiger partial charge on any atom is 0.231 e. The monoisotopic (exact) mass is 375 g/mol. The fourth-order valence-corrected chi connectivity index (χ4v) is 5.89. The van der Waals surface area contributed by atoms with Gasteiger partial charge in [0.1, 0.15) is 5.30 Å². The van der Waals surface area contributed by atoms with Crippen LogP contribution in [0.5, 0.6) is 0 Å². The molecule has 1 heterocycles. The molecule has 4 heteroatoms. The van der Waals surface area contributed by atoms with Gasteiger partial charge in [-0.15, -0.1) is 0 Å². The zero-order chi connectivity index (χ0) is 18.7. The third-order valence-electron chi connectivity index (χ3n) is 4.68. The smallest absolute Gasteiger partial charge is 0.231 e. The van der Waals surface area contributed by atoms with E-state index >= 15 is 0 Å². The van der Waals surface area contributed by atoms with Gasteiger partial charge in [-0.2, -0.15) is 0 Å². The summed E-state index contributed by atoms with van der Waals surface area (Å²) in [7, 11) is -3.24. The van der Waals surface area contributed by atoms with Crippen LogP contribution in [0.4, 0.5) is 0 Å². The molecule has 1 unspecified atom stereocenters. The Morgan fingerprint density at radius 2 is 1.48 bits per heavy atom. The lowest BCUT2D eigenvalue weighted by molar-refractivity contribution is -0.199. The van der Waals surface area contributed by atoms with Crippen molar-refractivity contribution in [3.05, 3.63) is 102 Å². The van der Waals surface area contributed by atoms with Crippen LogP contribution < -0.4 is 10.2 Å². The summed E-state index contributed by atoms with van der Waals surface area (Å²) >= 11 is 0. The van der Waals surface area contributed by atoms with Crippen molar-refractivity contribution in [3.8, 4) is 0 Å². The van der Waals surface area contributed by atoms with Gasteiger partial charge in [0, 0.05) is 11.1 Å². The van der Waals surface area contributed by atoms with E-state index in [4.69, 9.17) is 4.52 Å². The molecule has 3 nitrogen and oxygen atoms in total. The molecule has 1 aliphatic heterocycles. The molecule has 3 aromatic carbocycles. The van der Waals surface area contributed by atoms with Crippen molar-refractivity contribution < 1.29 is 9.42 Å². The van der Waals surface area contributed by atoms with Crippen LogP contribution in [0.25, 0.3) is 11.8 Å². The molecule has 0 N–H and O–H groups in total. The van der Waals surface area contributed by atoms with Gasteiger partial charge in [0.2, 0.25) is 7.87 Å². The van der Waals surface area contributed by atoms with E-state index in [-0.39, 0.29) is 0 Å². The first-order valence-corrected chi connectivity index (χ1v) is 10.7. The summed E-state index contributed by atoms with van der Waals surface area (Å²) in [6.07, 6.45) is 2.11. The van der Waals surface area contributed by atoms with E-state index in [1.54, 1.807) is 0 Å². The van der Waals surface area contributed by atoms with Gasteiger partial charge >= 0.3 is 0 Å². The highest BCUT2D eigenvalue weighted by Gasteiger charge is 2.45. The Hall–Kier alpha value is -2.45. The van der Waals surface area contributed by atoms with Crippen molar-refractivity contribution >= 4 is 24.9 Å². The summed E-state index contributed by atoms with van der Waals surface area (Å²) < 4.78 is 7.92. The predicted molar refractivity (Wildman–Crippen MR) is 111 cm³/mol. The molecular formula is C23H22NO2P.